The van der Waals surface area contributed by atoms with E-state index in [1.807, 2.05) is 24.3 Å². The summed E-state index contributed by atoms with van der Waals surface area (Å²) in [7, 11) is 0. The van der Waals surface area contributed by atoms with E-state index in [1.54, 1.807) is 11.8 Å². The monoisotopic (exact) mass is 190 g/mol. The van der Waals surface area contributed by atoms with Crippen molar-refractivity contribution in [1.82, 2.24) is 0 Å². The summed E-state index contributed by atoms with van der Waals surface area (Å²) < 4.78 is 0. The molecule has 0 atom stereocenters. The smallest absolute Gasteiger partial charge is 0.193 e. The molecule has 13 heavy (non-hydrogen) atoms. The molecule has 0 spiro atoms. The van der Waals surface area contributed by atoms with E-state index in [9.17, 15) is 4.79 Å². The molecule has 0 unspecified atom stereocenters. The Morgan fingerprint density at radius 1 is 1.54 bits per heavy atom. The molecule has 0 fully saturated rings. The fourth-order valence-corrected chi connectivity index (χ4v) is 1.66. The van der Waals surface area contributed by atoms with Crippen molar-refractivity contribution in [2.75, 3.05) is 5.75 Å². The molecule has 66 valence electrons. The fraction of sp³-hybridized carbons (Fsp3) is 0.182. The van der Waals surface area contributed by atoms with Gasteiger partial charge in [0, 0.05) is 10.5 Å². The largest absolute Gasteiger partial charge is 0.289 e. The average Bonchev–Trinajstić information content (AvgIpc) is 2.16. The van der Waals surface area contributed by atoms with Gasteiger partial charge in [-0.05, 0) is 29.9 Å². The van der Waals surface area contributed by atoms with Gasteiger partial charge in [0.1, 0.15) is 0 Å². The molecule has 0 bridgehead atoms. The third-order valence-corrected chi connectivity index (χ3v) is 2.30. The molecule has 0 aliphatic heterocycles. The van der Waals surface area contributed by atoms with Gasteiger partial charge in [-0.1, -0.05) is 18.9 Å². The van der Waals surface area contributed by atoms with Gasteiger partial charge in [0.15, 0.2) is 6.29 Å². The topological polar surface area (TPSA) is 17.1 Å². The zero-order valence-electron chi connectivity index (χ0n) is 7.41. The maximum Gasteiger partial charge on any atom is 0.193 e. The van der Waals surface area contributed by atoms with Crippen LogP contribution in [0.25, 0.3) is 0 Å². The first-order valence-corrected chi connectivity index (χ1v) is 5.03. The highest BCUT2D eigenvalue weighted by Gasteiger charge is 1.91. The van der Waals surface area contributed by atoms with Crippen molar-refractivity contribution in [2.45, 2.75) is 11.8 Å². The molecule has 0 aliphatic rings. The molecule has 0 saturated carbocycles. The van der Waals surface area contributed by atoms with Crippen LogP contribution in [-0.2, 0) is 4.79 Å². The van der Waals surface area contributed by atoms with Gasteiger partial charge < -0.3 is 0 Å². The normalized spacial score (nSPS) is 8.69. The molecule has 1 aromatic carbocycles. The predicted octanol–water partition coefficient (Wildman–Crippen LogP) is 2.35. The summed E-state index contributed by atoms with van der Waals surface area (Å²) in [5, 5.41) is 0. The van der Waals surface area contributed by atoms with Gasteiger partial charge in [-0.3, -0.25) is 4.79 Å². The van der Waals surface area contributed by atoms with Crippen LogP contribution in [0.4, 0.5) is 0 Å². The molecular weight excluding hydrogens is 180 g/mol. The van der Waals surface area contributed by atoms with Crippen molar-refractivity contribution in [3.63, 3.8) is 0 Å². The first-order valence-electron chi connectivity index (χ1n) is 4.05. The zero-order chi connectivity index (χ0) is 9.52. The van der Waals surface area contributed by atoms with E-state index in [4.69, 9.17) is 0 Å². The van der Waals surface area contributed by atoms with Crippen LogP contribution >= 0.6 is 11.8 Å². The average molecular weight is 190 g/mol. The minimum absolute atomic E-state index is 0.611. The lowest BCUT2D eigenvalue weighted by Gasteiger charge is -1.97. The Kier molecular flexibility index (Phi) is 4.14. The summed E-state index contributed by atoms with van der Waals surface area (Å²) in [6, 6.07) is 7.88. The number of benzene rings is 1. The minimum atomic E-state index is 0.611. The molecule has 0 aromatic heterocycles. The van der Waals surface area contributed by atoms with Crippen LogP contribution in [0.2, 0.25) is 0 Å². The Morgan fingerprint density at radius 2 is 2.38 bits per heavy atom. The van der Waals surface area contributed by atoms with Crippen LogP contribution in [0.15, 0.2) is 29.2 Å². The molecular formula is C11H10OS. The summed E-state index contributed by atoms with van der Waals surface area (Å²) in [5.74, 6) is 6.20. The quantitative estimate of drug-likeness (QED) is 0.404. The zero-order valence-corrected chi connectivity index (χ0v) is 8.23. The van der Waals surface area contributed by atoms with Crippen molar-refractivity contribution >= 4 is 18.0 Å². The summed E-state index contributed by atoms with van der Waals surface area (Å²) in [4.78, 5) is 11.2. The Bertz CT molecular complexity index is 347. The third-order valence-electron chi connectivity index (χ3n) is 1.42. The van der Waals surface area contributed by atoms with Crippen LogP contribution in [-0.4, -0.2) is 12.0 Å². The van der Waals surface area contributed by atoms with Gasteiger partial charge in [-0.15, -0.1) is 11.8 Å². The van der Waals surface area contributed by atoms with Crippen LogP contribution in [0, 0.1) is 11.8 Å². The third kappa shape index (κ3) is 3.35. The second-order valence-corrected chi connectivity index (χ2v) is 3.69. The number of aldehydes is 1. The lowest BCUT2D eigenvalue weighted by Crippen LogP contribution is -1.77. The van der Waals surface area contributed by atoms with Gasteiger partial charge in [0.2, 0.25) is 0 Å². The van der Waals surface area contributed by atoms with E-state index in [0.717, 1.165) is 11.3 Å². The van der Waals surface area contributed by atoms with Gasteiger partial charge in [-0.25, -0.2) is 0 Å². The summed E-state index contributed by atoms with van der Waals surface area (Å²) in [6.45, 7) is 2.11. The molecule has 0 amide bonds. The van der Waals surface area contributed by atoms with Gasteiger partial charge in [0.05, 0.1) is 0 Å². The van der Waals surface area contributed by atoms with E-state index < -0.39 is 0 Å². The fourth-order valence-electron chi connectivity index (χ4n) is 0.943. The number of thioether (sulfide) groups is 1. The second-order valence-electron chi connectivity index (χ2n) is 2.35. The van der Waals surface area contributed by atoms with E-state index in [2.05, 4.69) is 18.8 Å². The molecule has 2 heteroatoms. The molecule has 1 aromatic rings. The number of carbonyl (C=O) groups excluding carboxylic acids is 1. The summed E-state index contributed by atoms with van der Waals surface area (Å²) in [6.07, 6.45) is 0.611. The summed E-state index contributed by atoms with van der Waals surface area (Å²) in [5.41, 5.74) is 0.894. The highest BCUT2D eigenvalue weighted by molar-refractivity contribution is 7.99. The Labute approximate surface area is 82.5 Å². The number of carbonyl (C=O) groups is 1. The number of rotatable bonds is 2. The van der Waals surface area contributed by atoms with Gasteiger partial charge >= 0.3 is 0 Å². The SMILES string of the molecule is CCSc1cccc(C#CC=O)c1. The lowest BCUT2D eigenvalue weighted by molar-refractivity contribution is -0.103. The highest BCUT2D eigenvalue weighted by atomic mass is 32.2. The molecule has 0 radical (unpaired) electrons. The molecule has 0 saturated heterocycles. The van der Waals surface area contributed by atoms with Crippen molar-refractivity contribution < 1.29 is 4.79 Å². The maximum atomic E-state index is 10.0. The molecule has 1 rings (SSSR count). The second kappa shape index (κ2) is 5.45. The van der Waals surface area contributed by atoms with E-state index in [1.165, 1.54) is 4.90 Å². The molecule has 0 aliphatic carbocycles. The molecule has 1 nitrogen and oxygen atoms in total. The van der Waals surface area contributed by atoms with Crippen molar-refractivity contribution in [3.8, 4) is 11.8 Å². The lowest BCUT2D eigenvalue weighted by atomic mass is 10.2. The Hall–Kier alpha value is -1.20. The van der Waals surface area contributed by atoms with Crippen molar-refractivity contribution in [1.29, 1.82) is 0 Å². The van der Waals surface area contributed by atoms with Crippen LogP contribution < -0.4 is 0 Å². The van der Waals surface area contributed by atoms with E-state index in [0.29, 0.717) is 6.29 Å². The standard InChI is InChI=1S/C11H10OS/c1-2-13-11-7-3-5-10(9-11)6-4-8-12/h3,5,7-9H,2H2,1H3. The number of hydrogen-bond donors (Lipinski definition) is 0. The Morgan fingerprint density at radius 3 is 3.08 bits per heavy atom. The first kappa shape index (κ1) is 9.88. The van der Waals surface area contributed by atoms with Crippen molar-refractivity contribution in [2.24, 2.45) is 0 Å². The summed E-state index contributed by atoms with van der Waals surface area (Å²) >= 11 is 1.77. The van der Waals surface area contributed by atoms with Crippen LogP contribution in [0.3, 0.4) is 0 Å². The maximum absolute atomic E-state index is 10.0. The minimum Gasteiger partial charge on any atom is -0.289 e. The first-order chi connectivity index (χ1) is 6.36. The Balaban J connectivity index is 2.84. The molecule has 0 heterocycles. The van der Waals surface area contributed by atoms with Gasteiger partial charge in [-0.2, -0.15) is 0 Å². The van der Waals surface area contributed by atoms with Crippen LogP contribution in [0.5, 0.6) is 0 Å². The van der Waals surface area contributed by atoms with Gasteiger partial charge in [0.25, 0.3) is 0 Å². The highest BCUT2D eigenvalue weighted by Crippen LogP contribution is 2.17. The van der Waals surface area contributed by atoms with Crippen molar-refractivity contribution in [3.05, 3.63) is 29.8 Å². The van der Waals surface area contributed by atoms with Crippen LogP contribution in [0.1, 0.15) is 12.5 Å². The number of hydrogen-bond acceptors (Lipinski definition) is 2. The van der Waals surface area contributed by atoms with E-state index in [-0.39, 0.29) is 0 Å². The van der Waals surface area contributed by atoms with E-state index >= 15 is 0 Å². The predicted molar refractivity (Wildman–Crippen MR) is 55.8 cm³/mol. The molecule has 0 N–H and O–H groups in total.